The van der Waals surface area contributed by atoms with Crippen molar-refractivity contribution < 1.29 is 0 Å². The van der Waals surface area contributed by atoms with E-state index in [1.165, 1.54) is 28.2 Å². The SMILES string of the molecule is C[C](c1ccccc1)c1c(C(C)C)cccc1C(C)C. The van der Waals surface area contributed by atoms with Gasteiger partial charge in [0.15, 0.2) is 0 Å². The van der Waals surface area contributed by atoms with Crippen LogP contribution < -0.4 is 0 Å². The van der Waals surface area contributed by atoms with Gasteiger partial charge in [-0.2, -0.15) is 0 Å². The van der Waals surface area contributed by atoms with Gasteiger partial charge in [0, 0.05) is 5.92 Å². The molecule has 2 aromatic carbocycles. The Labute approximate surface area is 123 Å². The molecule has 0 nitrogen and oxygen atoms in total. The molecule has 0 N–H and O–H groups in total. The molecule has 0 unspecified atom stereocenters. The summed E-state index contributed by atoms with van der Waals surface area (Å²) in [5.74, 6) is 2.48. The maximum atomic E-state index is 2.28. The summed E-state index contributed by atoms with van der Waals surface area (Å²) in [7, 11) is 0. The van der Waals surface area contributed by atoms with Gasteiger partial charge in [-0.05, 0) is 34.1 Å². The molecule has 0 saturated heterocycles. The lowest BCUT2D eigenvalue weighted by atomic mass is 9.80. The van der Waals surface area contributed by atoms with Crippen LogP contribution in [0.15, 0.2) is 48.5 Å². The Morgan fingerprint density at radius 1 is 0.700 bits per heavy atom. The summed E-state index contributed by atoms with van der Waals surface area (Å²) in [5.41, 5.74) is 5.68. The van der Waals surface area contributed by atoms with Crippen LogP contribution in [0.2, 0.25) is 0 Å². The minimum Gasteiger partial charge on any atom is -0.0622 e. The van der Waals surface area contributed by atoms with Crippen molar-refractivity contribution in [3.8, 4) is 0 Å². The first-order chi connectivity index (χ1) is 9.52. The molecule has 0 heterocycles. The molecule has 0 spiro atoms. The van der Waals surface area contributed by atoms with E-state index in [0.717, 1.165) is 0 Å². The van der Waals surface area contributed by atoms with Crippen LogP contribution in [0.5, 0.6) is 0 Å². The number of benzene rings is 2. The van der Waals surface area contributed by atoms with Gasteiger partial charge in [-0.3, -0.25) is 0 Å². The van der Waals surface area contributed by atoms with E-state index in [9.17, 15) is 0 Å². The van der Waals surface area contributed by atoms with E-state index >= 15 is 0 Å². The summed E-state index contributed by atoms with van der Waals surface area (Å²) < 4.78 is 0. The highest BCUT2D eigenvalue weighted by Gasteiger charge is 2.20. The average molecular weight is 265 g/mol. The van der Waals surface area contributed by atoms with Crippen molar-refractivity contribution in [2.75, 3.05) is 0 Å². The summed E-state index contributed by atoms with van der Waals surface area (Å²) in [5, 5.41) is 0. The molecule has 0 heteroatoms. The third-order valence-corrected chi connectivity index (χ3v) is 3.95. The molecule has 0 atom stereocenters. The van der Waals surface area contributed by atoms with E-state index in [1.807, 2.05) is 0 Å². The Morgan fingerprint density at radius 3 is 1.65 bits per heavy atom. The topological polar surface area (TPSA) is 0 Å². The van der Waals surface area contributed by atoms with Crippen LogP contribution in [-0.4, -0.2) is 0 Å². The average Bonchev–Trinajstić information content (AvgIpc) is 2.46. The summed E-state index contributed by atoms with van der Waals surface area (Å²) in [4.78, 5) is 0. The smallest absolute Gasteiger partial charge is 0.0315 e. The zero-order chi connectivity index (χ0) is 14.7. The molecule has 0 aromatic heterocycles. The summed E-state index contributed by atoms with van der Waals surface area (Å²) in [6.45, 7) is 11.4. The van der Waals surface area contributed by atoms with Gasteiger partial charge in [-0.15, -0.1) is 0 Å². The van der Waals surface area contributed by atoms with Crippen LogP contribution in [0.4, 0.5) is 0 Å². The van der Waals surface area contributed by atoms with Crippen LogP contribution in [0.1, 0.15) is 68.7 Å². The van der Waals surface area contributed by atoms with Crippen LogP contribution in [0, 0.1) is 5.92 Å². The molecule has 20 heavy (non-hydrogen) atoms. The molecule has 105 valence electrons. The van der Waals surface area contributed by atoms with Gasteiger partial charge >= 0.3 is 0 Å². The van der Waals surface area contributed by atoms with Crippen molar-refractivity contribution >= 4 is 0 Å². The Hall–Kier alpha value is -1.56. The van der Waals surface area contributed by atoms with Crippen molar-refractivity contribution in [1.82, 2.24) is 0 Å². The standard InChI is InChI=1S/C20H25/c1-14(2)18-12-9-13-19(15(3)4)20(18)16(5)17-10-7-6-8-11-17/h6-15H,1-5H3. The van der Waals surface area contributed by atoms with Crippen molar-refractivity contribution in [3.63, 3.8) is 0 Å². The Morgan fingerprint density at radius 2 is 1.20 bits per heavy atom. The minimum atomic E-state index is 0.544. The predicted octanol–water partition coefficient (Wildman–Crippen LogP) is 5.92. The zero-order valence-electron chi connectivity index (χ0n) is 13.3. The van der Waals surface area contributed by atoms with Crippen molar-refractivity contribution in [2.24, 2.45) is 0 Å². The molecule has 0 aliphatic heterocycles. The van der Waals surface area contributed by atoms with Gasteiger partial charge in [-0.25, -0.2) is 0 Å². The molecule has 2 aromatic rings. The third-order valence-electron chi connectivity index (χ3n) is 3.95. The fourth-order valence-corrected chi connectivity index (χ4v) is 2.82. The second-order valence-electron chi connectivity index (χ2n) is 6.11. The second-order valence-corrected chi connectivity index (χ2v) is 6.11. The Bertz CT molecular complexity index is 523. The third kappa shape index (κ3) is 2.95. The van der Waals surface area contributed by atoms with E-state index in [1.54, 1.807) is 0 Å². The highest BCUT2D eigenvalue weighted by atomic mass is 14.2. The molecule has 0 aliphatic rings. The predicted molar refractivity (Wildman–Crippen MR) is 88.2 cm³/mol. The summed E-state index contributed by atoms with van der Waals surface area (Å²) in [6.07, 6.45) is 0. The minimum absolute atomic E-state index is 0.544. The molecule has 0 amide bonds. The largest absolute Gasteiger partial charge is 0.0622 e. The van der Waals surface area contributed by atoms with E-state index < -0.39 is 0 Å². The van der Waals surface area contributed by atoms with Gasteiger partial charge in [0.25, 0.3) is 0 Å². The van der Waals surface area contributed by atoms with E-state index in [4.69, 9.17) is 0 Å². The Balaban J connectivity index is 2.58. The fraction of sp³-hybridized carbons (Fsp3) is 0.350. The molecule has 0 bridgehead atoms. The fourth-order valence-electron chi connectivity index (χ4n) is 2.82. The molecular formula is C20H25. The summed E-state index contributed by atoms with van der Waals surface area (Å²) >= 11 is 0. The first-order valence-electron chi connectivity index (χ1n) is 7.54. The van der Waals surface area contributed by atoms with E-state index in [-0.39, 0.29) is 0 Å². The van der Waals surface area contributed by atoms with Crippen LogP contribution in [0.25, 0.3) is 0 Å². The maximum Gasteiger partial charge on any atom is 0.0315 e. The first kappa shape index (κ1) is 14.8. The van der Waals surface area contributed by atoms with Gasteiger partial charge < -0.3 is 0 Å². The second kappa shape index (κ2) is 6.26. The monoisotopic (exact) mass is 265 g/mol. The maximum absolute atomic E-state index is 2.28. The van der Waals surface area contributed by atoms with Gasteiger partial charge in [0.2, 0.25) is 0 Å². The molecular weight excluding hydrogens is 240 g/mol. The van der Waals surface area contributed by atoms with Crippen molar-refractivity contribution in [2.45, 2.75) is 46.5 Å². The zero-order valence-corrected chi connectivity index (χ0v) is 13.3. The molecule has 0 saturated carbocycles. The lowest BCUT2D eigenvalue weighted by Gasteiger charge is -2.24. The lowest BCUT2D eigenvalue weighted by Crippen LogP contribution is -2.08. The number of hydrogen-bond acceptors (Lipinski definition) is 0. The van der Waals surface area contributed by atoms with Gasteiger partial charge in [-0.1, -0.05) is 83.1 Å². The molecule has 0 fully saturated rings. The van der Waals surface area contributed by atoms with Crippen LogP contribution in [-0.2, 0) is 0 Å². The first-order valence-corrected chi connectivity index (χ1v) is 7.54. The molecule has 0 aliphatic carbocycles. The van der Waals surface area contributed by atoms with Gasteiger partial charge in [0.1, 0.15) is 0 Å². The normalized spacial score (nSPS) is 11.6. The van der Waals surface area contributed by atoms with Crippen LogP contribution >= 0.6 is 0 Å². The Kier molecular flexibility index (Phi) is 4.65. The van der Waals surface area contributed by atoms with E-state index in [2.05, 4.69) is 83.1 Å². The van der Waals surface area contributed by atoms with Crippen molar-refractivity contribution in [1.29, 1.82) is 0 Å². The lowest BCUT2D eigenvalue weighted by molar-refractivity contribution is 0.811. The number of rotatable bonds is 4. The number of hydrogen-bond donors (Lipinski definition) is 0. The van der Waals surface area contributed by atoms with Crippen LogP contribution in [0.3, 0.4) is 0 Å². The quantitative estimate of drug-likeness (QED) is 0.643. The molecule has 2 rings (SSSR count). The van der Waals surface area contributed by atoms with Crippen molar-refractivity contribution in [3.05, 3.63) is 76.7 Å². The molecule has 1 radical (unpaired) electrons. The summed E-state index contributed by atoms with van der Waals surface area (Å²) in [6, 6.07) is 17.5. The highest BCUT2D eigenvalue weighted by Crippen LogP contribution is 2.35. The van der Waals surface area contributed by atoms with E-state index in [0.29, 0.717) is 11.8 Å². The highest BCUT2D eigenvalue weighted by molar-refractivity contribution is 5.54. The van der Waals surface area contributed by atoms with Gasteiger partial charge in [0.05, 0.1) is 0 Å².